The largest absolute Gasteiger partial charge is 0.469 e. The Hall–Kier alpha value is -1.22. The molecular formula is C15H26O8. The van der Waals surface area contributed by atoms with Crippen molar-refractivity contribution in [1.82, 2.24) is 0 Å². The van der Waals surface area contributed by atoms with Crippen LogP contribution in [0.1, 0.15) is 6.42 Å². The van der Waals surface area contributed by atoms with Gasteiger partial charge in [-0.2, -0.15) is 0 Å². The summed E-state index contributed by atoms with van der Waals surface area (Å²) in [4.78, 5) is 24.6. The zero-order chi connectivity index (χ0) is 17.6. The number of methoxy groups -OCH3 is 6. The van der Waals surface area contributed by atoms with Gasteiger partial charge in [-0.15, -0.1) is 0 Å². The monoisotopic (exact) mass is 334 g/mol. The third kappa shape index (κ3) is 4.00. The lowest BCUT2D eigenvalue weighted by Crippen LogP contribution is -2.40. The molecule has 1 fully saturated rings. The van der Waals surface area contributed by atoms with Crippen LogP contribution >= 0.6 is 0 Å². The van der Waals surface area contributed by atoms with Crippen molar-refractivity contribution in [1.29, 1.82) is 0 Å². The fourth-order valence-electron chi connectivity index (χ4n) is 3.51. The van der Waals surface area contributed by atoms with E-state index in [1.807, 2.05) is 0 Å². The number of hydrogen-bond acceptors (Lipinski definition) is 8. The van der Waals surface area contributed by atoms with Crippen molar-refractivity contribution in [3.8, 4) is 0 Å². The molecule has 1 saturated carbocycles. The summed E-state index contributed by atoms with van der Waals surface area (Å²) in [7, 11) is 8.47. The lowest BCUT2D eigenvalue weighted by molar-refractivity contribution is -0.175. The van der Waals surface area contributed by atoms with Gasteiger partial charge in [0.15, 0.2) is 12.6 Å². The molecule has 0 aromatic carbocycles. The van der Waals surface area contributed by atoms with Crippen LogP contribution in [0.15, 0.2) is 0 Å². The first-order valence-electron chi connectivity index (χ1n) is 7.27. The molecule has 1 aliphatic rings. The number of carbonyl (C=O) groups excluding carboxylic acids is 2. The molecule has 0 N–H and O–H groups in total. The quantitative estimate of drug-likeness (QED) is 0.466. The lowest BCUT2D eigenvalue weighted by Gasteiger charge is -2.27. The fraction of sp³-hybridized carbons (Fsp3) is 0.867. The van der Waals surface area contributed by atoms with Gasteiger partial charge in [0.2, 0.25) is 0 Å². The van der Waals surface area contributed by atoms with Crippen LogP contribution in [0, 0.1) is 23.7 Å². The molecule has 0 radical (unpaired) electrons. The highest BCUT2D eigenvalue weighted by Gasteiger charge is 2.57. The summed E-state index contributed by atoms with van der Waals surface area (Å²) in [5.41, 5.74) is 0. The summed E-state index contributed by atoms with van der Waals surface area (Å²) in [6, 6.07) is 0. The van der Waals surface area contributed by atoms with Gasteiger partial charge in [-0.05, 0) is 6.42 Å². The Morgan fingerprint density at radius 3 is 1.22 bits per heavy atom. The minimum Gasteiger partial charge on any atom is -0.469 e. The average molecular weight is 334 g/mol. The molecule has 4 atom stereocenters. The van der Waals surface area contributed by atoms with Crippen LogP contribution in [0.4, 0.5) is 0 Å². The molecule has 0 aromatic rings. The van der Waals surface area contributed by atoms with E-state index in [0.29, 0.717) is 6.42 Å². The molecule has 0 saturated heterocycles. The number of hydrogen-bond donors (Lipinski definition) is 0. The van der Waals surface area contributed by atoms with Gasteiger partial charge in [0, 0.05) is 40.3 Å². The molecule has 0 spiro atoms. The van der Waals surface area contributed by atoms with Crippen molar-refractivity contribution in [2.45, 2.75) is 19.0 Å². The Labute approximate surface area is 136 Å². The third-order valence-electron chi connectivity index (χ3n) is 4.43. The molecule has 1 aliphatic carbocycles. The highest BCUT2D eigenvalue weighted by molar-refractivity contribution is 5.83. The van der Waals surface area contributed by atoms with Crippen LogP contribution in [-0.4, -0.2) is 67.2 Å². The minimum absolute atomic E-state index is 0.389. The summed E-state index contributed by atoms with van der Waals surface area (Å²) >= 11 is 0. The second-order valence-electron chi connectivity index (χ2n) is 5.34. The molecule has 0 heterocycles. The van der Waals surface area contributed by atoms with Crippen LogP contribution in [-0.2, 0) is 38.0 Å². The zero-order valence-electron chi connectivity index (χ0n) is 14.4. The van der Waals surface area contributed by atoms with Gasteiger partial charge >= 0.3 is 11.9 Å². The van der Waals surface area contributed by atoms with Crippen molar-refractivity contribution < 1.29 is 38.0 Å². The molecule has 8 nitrogen and oxygen atoms in total. The van der Waals surface area contributed by atoms with Gasteiger partial charge in [0.25, 0.3) is 0 Å². The molecule has 4 unspecified atom stereocenters. The average Bonchev–Trinajstić information content (AvgIpc) is 2.96. The second-order valence-corrected chi connectivity index (χ2v) is 5.34. The van der Waals surface area contributed by atoms with Crippen molar-refractivity contribution in [2.24, 2.45) is 23.7 Å². The zero-order valence-corrected chi connectivity index (χ0v) is 14.4. The maximum Gasteiger partial charge on any atom is 0.310 e. The van der Waals surface area contributed by atoms with E-state index in [4.69, 9.17) is 28.4 Å². The molecule has 0 aromatic heterocycles. The molecule has 0 aliphatic heterocycles. The van der Waals surface area contributed by atoms with Gasteiger partial charge in [0.1, 0.15) is 0 Å². The Balaban J connectivity index is 3.27. The van der Waals surface area contributed by atoms with E-state index in [0.717, 1.165) is 0 Å². The predicted octanol–water partition coefficient (Wildman–Crippen LogP) is 0.439. The lowest BCUT2D eigenvalue weighted by atomic mass is 9.86. The van der Waals surface area contributed by atoms with E-state index in [2.05, 4.69) is 0 Å². The van der Waals surface area contributed by atoms with E-state index in [1.54, 1.807) is 0 Å². The molecule has 1 rings (SSSR count). The van der Waals surface area contributed by atoms with Crippen LogP contribution < -0.4 is 0 Å². The van der Waals surface area contributed by atoms with E-state index in [1.165, 1.54) is 42.7 Å². The normalized spacial score (nSPS) is 27.5. The summed E-state index contributed by atoms with van der Waals surface area (Å²) in [6.07, 6.45) is -0.894. The van der Waals surface area contributed by atoms with Crippen LogP contribution in [0.5, 0.6) is 0 Å². The molecule has 134 valence electrons. The number of carbonyl (C=O) groups is 2. The van der Waals surface area contributed by atoms with Crippen LogP contribution in [0.3, 0.4) is 0 Å². The fourth-order valence-corrected chi connectivity index (χ4v) is 3.51. The van der Waals surface area contributed by atoms with Crippen LogP contribution in [0.25, 0.3) is 0 Å². The van der Waals surface area contributed by atoms with Gasteiger partial charge in [-0.1, -0.05) is 0 Å². The Kier molecular flexibility index (Phi) is 7.90. The van der Waals surface area contributed by atoms with E-state index in [-0.39, 0.29) is 11.8 Å². The van der Waals surface area contributed by atoms with Crippen molar-refractivity contribution >= 4 is 11.9 Å². The number of esters is 2. The second kappa shape index (κ2) is 9.17. The summed E-state index contributed by atoms with van der Waals surface area (Å²) in [6.45, 7) is 0. The molecule has 0 amide bonds. The molecule has 8 heteroatoms. The Morgan fingerprint density at radius 1 is 0.696 bits per heavy atom. The van der Waals surface area contributed by atoms with Gasteiger partial charge in [-0.3, -0.25) is 9.59 Å². The van der Waals surface area contributed by atoms with Gasteiger partial charge in [0.05, 0.1) is 26.1 Å². The predicted molar refractivity (Wildman–Crippen MR) is 78.2 cm³/mol. The standard InChI is InChI=1S/C15H26O8/c1-18-12(16)10-8(14(20-3)21-4)7-9(15(22-5)23-6)11(10)13(17)19-2/h8-11,14-15H,7H2,1-6H3. The van der Waals surface area contributed by atoms with Gasteiger partial charge < -0.3 is 28.4 Å². The van der Waals surface area contributed by atoms with Crippen molar-refractivity contribution in [3.63, 3.8) is 0 Å². The highest BCUT2D eigenvalue weighted by atomic mass is 16.7. The van der Waals surface area contributed by atoms with Crippen molar-refractivity contribution in [3.05, 3.63) is 0 Å². The van der Waals surface area contributed by atoms with E-state index < -0.39 is 36.4 Å². The summed E-state index contributed by atoms with van der Waals surface area (Å²) < 4.78 is 31.0. The van der Waals surface area contributed by atoms with E-state index >= 15 is 0 Å². The molecule has 0 bridgehead atoms. The molecule has 23 heavy (non-hydrogen) atoms. The smallest absolute Gasteiger partial charge is 0.310 e. The SMILES string of the molecule is COC(=O)C1C(C(OC)OC)CC(C(OC)OC)C1C(=O)OC. The first-order chi connectivity index (χ1) is 11.0. The van der Waals surface area contributed by atoms with Crippen molar-refractivity contribution in [2.75, 3.05) is 42.7 Å². The first-order valence-corrected chi connectivity index (χ1v) is 7.27. The summed E-state index contributed by atoms with van der Waals surface area (Å²) in [5.74, 6) is -3.35. The Morgan fingerprint density at radius 2 is 1.00 bits per heavy atom. The van der Waals surface area contributed by atoms with Crippen LogP contribution in [0.2, 0.25) is 0 Å². The number of ether oxygens (including phenoxy) is 6. The first kappa shape index (κ1) is 19.8. The molecular weight excluding hydrogens is 308 g/mol. The van der Waals surface area contributed by atoms with E-state index in [9.17, 15) is 9.59 Å². The Bertz CT molecular complexity index is 355. The number of rotatable bonds is 8. The van der Waals surface area contributed by atoms with Gasteiger partial charge in [-0.25, -0.2) is 0 Å². The third-order valence-corrected chi connectivity index (χ3v) is 4.43. The topological polar surface area (TPSA) is 89.5 Å². The maximum atomic E-state index is 12.3. The summed E-state index contributed by atoms with van der Waals surface area (Å²) in [5, 5.41) is 0. The maximum absolute atomic E-state index is 12.3. The minimum atomic E-state index is -0.768. The highest BCUT2D eigenvalue weighted by Crippen LogP contribution is 2.47.